The zero-order valence-electron chi connectivity index (χ0n) is 8.37. The summed E-state index contributed by atoms with van der Waals surface area (Å²) in [5, 5.41) is 0. The van der Waals surface area contributed by atoms with Crippen molar-refractivity contribution in [3.05, 3.63) is 23.9 Å². The van der Waals surface area contributed by atoms with Gasteiger partial charge in [-0.15, -0.1) is 0 Å². The highest BCUT2D eigenvalue weighted by atomic mass is 32.2. The number of anilines is 1. The Morgan fingerprint density at radius 3 is 2.54 bits per heavy atom. The van der Waals surface area contributed by atoms with Gasteiger partial charge in [-0.1, -0.05) is 26.8 Å². The number of nitrogens with two attached hydrogens (primary N) is 1. The minimum absolute atomic E-state index is 0.307. The molecule has 72 valence electrons. The maximum atomic E-state index is 5.49. The summed E-state index contributed by atoms with van der Waals surface area (Å²) in [7, 11) is 0. The van der Waals surface area contributed by atoms with Crippen LogP contribution in [0.15, 0.2) is 18.3 Å². The quantitative estimate of drug-likeness (QED) is 0.790. The average Bonchev–Trinajstić information content (AvgIpc) is 2.02. The van der Waals surface area contributed by atoms with Gasteiger partial charge in [-0.05, 0) is 11.6 Å². The summed E-state index contributed by atoms with van der Waals surface area (Å²) in [6.45, 7) is 6.63. The van der Waals surface area contributed by atoms with Crippen molar-refractivity contribution < 1.29 is 0 Å². The molecule has 1 aromatic rings. The third-order valence-electron chi connectivity index (χ3n) is 1.52. The van der Waals surface area contributed by atoms with Gasteiger partial charge in [0.15, 0.2) is 0 Å². The second-order valence-electron chi connectivity index (χ2n) is 3.99. The van der Waals surface area contributed by atoms with Crippen LogP contribution in [-0.4, -0.2) is 9.73 Å². The number of hydrogen-bond donors (Lipinski definition) is 1. The molecular formula is C10H16N2S. The molecule has 0 bridgehead atoms. The van der Waals surface area contributed by atoms with Gasteiger partial charge in [0.25, 0.3) is 0 Å². The number of aromatic nitrogens is 1. The number of rotatable bonds is 2. The van der Waals surface area contributed by atoms with Gasteiger partial charge in [-0.3, -0.25) is 0 Å². The molecule has 1 heterocycles. The summed E-state index contributed by atoms with van der Waals surface area (Å²) in [5.41, 5.74) is 6.72. The van der Waals surface area contributed by atoms with Gasteiger partial charge in [0.1, 0.15) is 5.82 Å². The topological polar surface area (TPSA) is 38.9 Å². The molecule has 13 heavy (non-hydrogen) atoms. The van der Waals surface area contributed by atoms with Crippen molar-refractivity contribution in [2.45, 2.75) is 31.3 Å². The van der Waals surface area contributed by atoms with Crippen LogP contribution in [0.3, 0.4) is 0 Å². The minimum Gasteiger partial charge on any atom is -0.384 e. The van der Waals surface area contributed by atoms with Gasteiger partial charge in [0.2, 0.25) is 0 Å². The van der Waals surface area contributed by atoms with Crippen LogP contribution in [0, 0.1) is 0 Å². The van der Waals surface area contributed by atoms with E-state index in [0.717, 1.165) is 5.75 Å². The van der Waals surface area contributed by atoms with E-state index in [-0.39, 0.29) is 0 Å². The largest absolute Gasteiger partial charge is 0.384 e. The Labute approximate surface area is 83.9 Å². The zero-order valence-corrected chi connectivity index (χ0v) is 9.19. The third-order valence-corrected chi connectivity index (χ3v) is 2.86. The second kappa shape index (κ2) is 4.01. The first-order valence-corrected chi connectivity index (χ1v) is 5.30. The lowest BCUT2D eigenvalue weighted by molar-refractivity contribution is 0.802. The molecule has 2 N–H and O–H groups in total. The Kier molecular flexibility index (Phi) is 3.20. The molecule has 0 radical (unpaired) electrons. The summed E-state index contributed by atoms with van der Waals surface area (Å²) in [6, 6.07) is 3.87. The van der Waals surface area contributed by atoms with E-state index in [9.17, 15) is 0 Å². The molecule has 1 rings (SSSR count). The lowest BCUT2D eigenvalue weighted by Gasteiger charge is -2.17. The van der Waals surface area contributed by atoms with Crippen molar-refractivity contribution in [3.8, 4) is 0 Å². The summed E-state index contributed by atoms with van der Waals surface area (Å²) >= 11 is 1.91. The molecule has 0 atom stereocenters. The number of thioether (sulfide) groups is 1. The van der Waals surface area contributed by atoms with E-state index in [4.69, 9.17) is 5.73 Å². The van der Waals surface area contributed by atoms with E-state index in [1.165, 1.54) is 5.56 Å². The standard InChI is InChI=1S/C10H16N2S/c1-10(2,3)13-7-8-4-5-9(11)12-6-8/h4-6H,7H2,1-3H3,(H2,11,12). The summed E-state index contributed by atoms with van der Waals surface area (Å²) in [6.07, 6.45) is 1.84. The van der Waals surface area contributed by atoms with Crippen molar-refractivity contribution >= 4 is 17.6 Å². The summed E-state index contributed by atoms with van der Waals surface area (Å²) in [5.74, 6) is 1.58. The Morgan fingerprint density at radius 1 is 1.38 bits per heavy atom. The normalized spacial score (nSPS) is 11.6. The van der Waals surface area contributed by atoms with E-state index >= 15 is 0 Å². The second-order valence-corrected chi connectivity index (χ2v) is 5.79. The van der Waals surface area contributed by atoms with Gasteiger partial charge in [-0.25, -0.2) is 4.98 Å². The van der Waals surface area contributed by atoms with Crippen LogP contribution in [0.4, 0.5) is 5.82 Å². The molecule has 0 aromatic carbocycles. The highest BCUT2D eigenvalue weighted by molar-refractivity contribution is 7.99. The first kappa shape index (κ1) is 10.4. The summed E-state index contributed by atoms with van der Waals surface area (Å²) in [4.78, 5) is 4.04. The van der Waals surface area contributed by atoms with Crippen LogP contribution in [0.25, 0.3) is 0 Å². The molecule has 0 aliphatic carbocycles. The van der Waals surface area contributed by atoms with E-state index in [2.05, 4.69) is 25.8 Å². The van der Waals surface area contributed by atoms with Gasteiger partial charge in [0.05, 0.1) is 0 Å². The van der Waals surface area contributed by atoms with Crippen LogP contribution >= 0.6 is 11.8 Å². The number of nitrogen functional groups attached to an aromatic ring is 1. The van der Waals surface area contributed by atoms with E-state index in [1.807, 2.05) is 30.1 Å². The van der Waals surface area contributed by atoms with Gasteiger partial charge >= 0.3 is 0 Å². The van der Waals surface area contributed by atoms with Crippen molar-refractivity contribution in [1.29, 1.82) is 0 Å². The fraction of sp³-hybridized carbons (Fsp3) is 0.500. The van der Waals surface area contributed by atoms with E-state index < -0.39 is 0 Å². The molecule has 0 saturated heterocycles. The van der Waals surface area contributed by atoms with Crippen LogP contribution in [-0.2, 0) is 5.75 Å². The first-order valence-electron chi connectivity index (χ1n) is 4.32. The molecule has 0 saturated carbocycles. The predicted molar refractivity (Wildman–Crippen MR) is 59.7 cm³/mol. The molecule has 0 amide bonds. The molecule has 0 unspecified atom stereocenters. The molecule has 3 heteroatoms. The summed E-state index contributed by atoms with van der Waals surface area (Å²) < 4.78 is 0.307. The number of hydrogen-bond acceptors (Lipinski definition) is 3. The fourth-order valence-electron chi connectivity index (χ4n) is 0.821. The monoisotopic (exact) mass is 196 g/mol. The lowest BCUT2D eigenvalue weighted by atomic mass is 10.3. The SMILES string of the molecule is CC(C)(C)SCc1ccc(N)nc1. The number of nitrogens with zero attached hydrogens (tertiary/aromatic N) is 1. The minimum atomic E-state index is 0.307. The van der Waals surface area contributed by atoms with Crippen LogP contribution in [0.1, 0.15) is 26.3 Å². The molecule has 1 aromatic heterocycles. The van der Waals surface area contributed by atoms with Crippen LogP contribution in [0.5, 0.6) is 0 Å². The van der Waals surface area contributed by atoms with Crippen molar-refractivity contribution in [2.24, 2.45) is 0 Å². The fourth-order valence-corrected chi connectivity index (χ4v) is 1.59. The van der Waals surface area contributed by atoms with Crippen molar-refractivity contribution in [3.63, 3.8) is 0 Å². The molecule has 0 spiro atoms. The highest BCUT2D eigenvalue weighted by Gasteiger charge is 2.10. The average molecular weight is 196 g/mol. The smallest absolute Gasteiger partial charge is 0.123 e. The molecular weight excluding hydrogens is 180 g/mol. The third kappa shape index (κ3) is 4.18. The molecule has 0 aliphatic rings. The van der Waals surface area contributed by atoms with Gasteiger partial charge < -0.3 is 5.73 Å². The first-order chi connectivity index (χ1) is 5.97. The zero-order chi connectivity index (χ0) is 9.90. The van der Waals surface area contributed by atoms with Crippen molar-refractivity contribution in [2.75, 3.05) is 5.73 Å². The Hall–Kier alpha value is -0.700. The Bertz CT molecular complexity index is 261. The maximum Gasteiger partial charge on any atom is 0.123 e. The maximum absolute atomic E-state index is 5.49. The molecule has 0 fully saturated rings. The van der Waals surface area contributed by atoms with Gasteiger partial charge in [0, 0.05) is 16.7 Å². The Morgan fingerprint density at radius 2 is 2.08 bits per heavy atom. The van der Waals surface area contributed by atoms with Crippen molar-refractivity contribution in [1.82, 2.24) is 4.98 Å². The molecule has 2 nitrogen and oxygen atoms in total. The molecule has 0 aliphatic heterocycles. The Balaban J connectivity index is 2.51. The van der Waals surface area contributed by atoms with Crippen LogP contribution < -0.4 is 5.73 Å². The van der Waals surface area contributed by atoms with E-state index in [1.54, 1.807) is 0 Å². The predicted octanol–water partition coefficient (Wildman–Crippen LogP) is 2.70. The van der Waals surface area contributed by atoms with Crippen LogP contribution in [0.2, 0.25) is 0 Å². The van der Waals surface area contributed by atoms with Gasteiger partial charge in [-0.2, -0.15) is 11.8 Å². The highest BCUT2D eigenvalue weighted by Crippen LogP contribution is 2.26. The lowest BCUT2D eigenvalue weighted by Crippen LogP contribution is -2.07. The van der Waals surface area contributed by atoms with E-state index in [0.29, 0.717) is 10.6 Å². The number of pyridine rings is 1.